The van der Waals surface area contributed by atoms with Crippen LogP contribution in [-0.2, 0) is 0 Å². The average molecular weight is 228 g/mol. The Hall–Kier alpha value is -0.120. The molecule has 0 unspecified atom stereocenters. The summed E-state index contributed by atoms with van der Waals surface area (Å²) < 4.78 is 0. The van der Waals surface area contributed by atoms with Crippen LogP contribution >= 0.6 is 0 Å². The highest BCUT2D eigenvalue weighted by Crippen LogP contribution is 2.23. The summed E-state index contributed by atoms with van der Waals surface area (Å²) in [4.78, 5) is 2.50. The van der Waals surface area contributed by atoms with Gasteiger partial charge in [-0.05, 0) is 45.7 Å². The number of aliphatic hydroxyl groups is 1. The van der Waals surface area contributed by atoms with Gasteiger partial charge < -0.3 is 10.4 Å². The second-order valence-corrected chi connectivity index (χ2v) is 4.91. The standard InChI is InChI=1S/C13H28N2O/c1-3-4-9-15(10-11-16)13-7-5-12(14-2)6-8-13/h12-14,16H,3-11H2,1-2H3. The predicted molar refractivity (Wildman–Crippen MR) is 68.7 cm³/mol. The Labute approximate surface area is 100 Å². The molecule has 0 bridgehead atoms. The van der Waals surface area contributed by atoms with E-state index in [2.05, 4.69) is 24.2 Å². The third-order valence-electron chi connectivity index (χ3n) is 3.81. The molecule has 96 valence electrons. The second-order valence-electron chi connectivity index (χ2n) is 4.91. The van der Waals surface area contributed by atoms with Crippen molar-refractivity contribution in [2.45, 2.75) is 57.5 Å². The first-order chi connectivity index (χ1) is 7.81. The van der Waals surface area contributed by atoms with Crippen molar-refractivity contribution in [3.8, 4) is 0 Å². The Morgan fingerprint density at radius 2 is 1.88 bits per heavy atom. The molecule has 3 heteroatoms. The lowest BCUT2D eigenvalue weighted by Gasteiger charge is -2.36. The highest BCUT2D eigenvalue weighted by Gasteiger charge is 2.24. The van der Waals surface area contributed by atoms with Gasteiger partial charge in [-0.1, -0.05) is 13.3 Å². The first-order valence-electron chi connectivity index (χ1n) is 6.84. The fraction of sp³-hybridized carbons (Fsp3) is 1.00. The number of unbranched alkanes of at least 4 members (excludes halogenated alkanes) is 1. The molecular weight excluding hydrogens is 200 g/mol. The number of nitrogens with one attached hydrogen (secondary N) is 1. The number of hydrogen-bond acceptors (Lipinski definition) is 3. The van der Waals surface area contributed by atoms with Crippen LogP contribution in [0.15, 0.2) is 0 Å². The van der Waals surface area contributed by atoms with Crippen molar-refractivity contribution < 1.29 is 5.11 Å². The van der Waals surface area contributed by atoms with E-state index >= 15 is 0 Å². The minimum Gasteiger partial charge on any atom is -0.395 e. The van der Waals surface area contributed by atoms with Gasteiger partial charge in [0.05, 0.1) is 6.61 Å². The van der Waals surface area contributed by atoms with Gasteiger partial charge >= 0.3 is 0 Å². The van der Waals surface area contributed by atoms with E-state index in [0.717, 1.165) is 19.1 Å². The lowest BCUT2D eigenvalue weighted by Crippen LogP contribution is -2.43. The van der Waals surface area contributed by atoms with Crippen LogP contribution < -0.4 is 5.32 Å². The van der Waals surface area contributed by atoms with E-state index in [1.807, 2.05) is 0 Å². The zero-order valence-electron chi connectivity index (χ0n) is 10.9. The maximum atomic E-state index is 9.11. The molecule has 1 saturated carbocycles. The van der Waals surface area contributed by atoms with Gasteiger partial charge in [-0.2, -0.15) is 0 Å². The maximum absolute atomic E-state index is 9.11. The molecule has 1 fully saturated rings. The van der Waals surface area contributed by atoms with E-state index in [-0.39, 0.29) is 0 Å². The van der Waals surface area contributed by atoms with E-state index in [1.165, 1.54) is 38.5 Å². The lowest BCUT2D eigenvalue weighted by atomic mass is 9.90. The Kier molecular flexibility index (Phi) is 7.01. The molecule has 3 nitrogen and oxygen atoms in total. The van der Waals surface area contributed by atoms with Gasteiger partial charge in [0, 0.05) is 18.6 Å². The maximum Gasteiger partial charge on any atom is 0.0558 e. The monoisotopic (exact) mass is 228 g/mol. The van der Waals surface area contributed by atoms with Crippen molar-refractivity contribution in [3.63, 3.8) is 0 Å². The summed E-state index contributed by atoms with van der Waals surface area (Å²) in [5.74, 6) is 0. The van der Waals surface area contributed by atoms with Crippen molar-refractivity contribution in [2.24, 2.45) is 0 Å². The van der Waals surface area contributed by atoms with Crippen molar-refractivity contribution in [3.05, 3.63) is 0 Å². The third-order valence-corrected chi connectivity index (χ3v) is 3.81. The van der Waals surface area contributed by atoms with Gasteiger partial charge in [-0.25, -0.2) is 0 Å². The minimum absolute atomic E-state index is 0.301. The fourth-order valence-corrected chi connectivity index (χ4v) is 2.70. The molecule has 0 heterocycles. The van der Waals surface area contributed by atoms with Crippen molar-refractivity contribution in [2.75, 3.05) is 26.7 Å². The summed E-state index contributed by atoms with van der Waals surface area (Å²) in [5, 5.41) is 12.5. The SMILES string of the molecule is CCCCN(CCO)C1CCC(NC)CC1. The quantitative estimate of drug-likeness (QED) is 0.695. The molecular formula is C13H28N2O. The smallest absolute Gasteiger partial charge is 0.0558 e. The predicted octanol–water partition coefficient (Wildman–Crippen LogP) is 1.61. The first-order valence-corrected chi connectivity index (χ1v) is 6.84. The highest BCUT2D eigenvalue weighted by atomic mass is 16.3. The van der Waals surface area contributed by atoms with E-state index in [1.54, 1.807) is 0 Å². The van der Waals surface area contributed by atoms with Gasteiger partial charge in [0.1, 0.15) is 0 Å². The molecule has 0 aromatic carbocycles. The van der Waals surface area contributed by atoms with Gasteiger partial charge in [0.15, 0.2) is 0 Å². The molecule has 1 aliphatic rings. The van der Waals surface area contributed by atoms with Crippen LogP contribution in [0, 0.1) is 0 Å². The number of hydrogen-bond donors (Lipinski definition) is 2. The van der Waals surface area contributed by atoms with Gasteiger partial charge in [-0.15, -0.1) is 0 Å². The van der Waals surface area contributed by atoms with Gasteiger partial charge in [0.25, 0.3) is 0 Å². The van der Waals surface area contributed by atoms with E-state index in [0.29, 0.717) is 12.6 Å². The summed E-state index contributed by atoms with van der Waals surface area (Å²) in [6.45, 7) is 4.55. The first kappa shape index (κ1) is 13.9. The average Bonchev–Trinajstić information content (AvgIpc) is 2.35. The van der Waals surface area contributed by atoms with Crippen LogP contribution in [0.5, 0.6) is 0 Å². The highest BCUT2D eigenvalue weighted by molar-refractivity contribution is 4.82. The molecule has 0 amide bonds. The van der Waals surface area contributed by atoms with Crippen LogP contribution in [0.3, 0.4) is 0 Å². The molecule has 1 rings (SSSR count). The molecule has 0 aromatic heterocycles. The molecule has 0 saturated heterocycles. The van der Waals surface area contributed by atoms with E-state index < -0.39 is 0 Å². The van der Waals surface area contributed by atoms with E-state index in [4.69, 9.17) is 5.11 Å². The molecule has 1 aliphatic carbocycles. The van der Waals surface area contributed by atoms with Crippen LogP contribution in [0.1, 0.15) is 45.4 Å². The number of nitrogens with zero attached hydrogens (tertiary/aromatic N) is 1. The third kappa shape index (κ3) is 4.40. The van der Waals surface area contributed by atoms with Crippen molar-refractivity contribution in [1.82, 2.24) is 10.2 Å². The molecule has 2 N–H and O–H groups in total. The summed E-state index contributed by atoms with van der Waals surface area (Å²) in [6, 6.07) is 1.43. The Morgan fingerprint density at radius 1 is 1.19 bits per heavy atom. The molecule has 0 spiro atoms. The summed E-state index contributed by atoms with van der Waals surface area (Å²) in [5.41, 5.74) is 0. The topological polar surface area (TPSA) is 35.5 Å². The largest absolute Gasteiger partial charge is 0.395 e. The molecule has 0 radical (unpaired) electrons. The Bertz CT molecular complexity index is 167. The Balaban J connectivity index is 2.33. The molecule has 0 atom stereocenters. The molecule has 0 aromatic rings. The summed E-state index contributed by atoms with van der Waals surface area (Å²) in [7, 11) is 2.06. The fourth-order valence-electron chi connectivity index (χ4n) is 2.70. The zero-order valence-corrected chi connectivity index (χ0v) is 10.9. The lowest BCUT2D eigenvalue weighted by molar-refractivity contribution is 0.115. The number of rotatable bonds is 7. The Morgan fingerprint density at radius 3 is 2.38 bits per heavy atom. The van der Waals surface area contributed by atoms with Crippen LogP contribution in [0.2, 0.25) is 0 Å². The van der Waals surface area contributed by atoms with Crippen molar-refractivity contribution >= 4 is 0 Å². The zero-order chi connectivity index (χ0) is 11.8. The van der Waals surface area contributed by atoms with Gasteiger partial charge in [-0.3, -0.25) is 4.90 Å². The number of aliphatic hydroxyl groups excluding tert-OH is 1. The van der Waals surface area contributed by atoms with E-state index in [9.17, 15) is 0 Å². The normalized spacial score (nSPS) is 26.2. The van der Waals surface area contributed by atoms with Crippen molar-refractivity contribution in [1.29, 1.82) is 0 Å². The summed E-state index contributed by atoms with van der Waals surface area (Å²) in [6.07, 6.45) is 7.65. The van der Waals surface area contributed by atoms with Crippen LogP contribution in [0.4, 0.5) is 0 Å². The van der Waals surface area contributed by atoms with Crippen LogP contribution in [0.25, 0.3) is 0 Å². The minimum atomic E-state index is 0.301. The van der Waals surface area contributed by atoms with Crippen LogP contribution in [-0.4, -0.2) is 48.8 Å². The summed E-state index contributed by atoms with van der Waals surface area (Å²) >= 11 is 0. The molecule has 0 aliphatic heterocycles. The van der Waals surface area contributed by atoms with Gasteiger partial charge in [0.2, 0.25) is 0 Å². The molecule has 16 heavy (non-hydrogen) atoms. The second kappa shape index (κ2) is 8.04.